The molecule has 0 fully saturated rings. The Morgan fingerprint density at radius 2 is 1.97 bits per heavy atom. The molecule has 0 amide bonds. The lowest BCUT2D eigenvalue weighted by Gasteiger charge is -2.17. The summed E-state index contributed by atoms with van der Waals surface area (Å²) in [6, 6.07) is 8.83. The van der Waals surface area contributed by atoms with Gasteiger partial charge in [0.05, 0.1) is 30.8 Å². The van der Waals surface area contributed by atoms with Crippen LogP contribution in [0.2, 0.25) is 0 Å². The SMILES string of the molecule is CCCCc1nc2ccc(Br)cc2c(=O)n1N=Cc1cc(OC)c(O[C@@H](C)C(=O)OCC)cc1Br. The molecule has 1 aromatic heterocycles. The van der Waals surface area contributed by atoms with Crippen LogP contribution in [0.1, 0.15) is 45.0 Å². The predicted octanol–water partition coefficient (Wildman–Crippen LogP) is 5.49. The summed E-state index contributed by atoms with van der Waals surface area (Å²) in [5.74, 6) is 0.903. The first kappa shape index (κ1) is 26.9. The van der Waals surface area contributed by atoms with Crippen molar-refractivity contribution in [1.29, 1.82) is 0 Å². The van der Waals surface area contributed by atoms with Crippen molar-refractivity contribution in [2.45, 2.75) is 46.1 Å². The number of fused-ring (bicyclic) bond motifs is 1. The largest absolute Gasteiger partial charge is 0.493 e. The minimum absolute atomic E-state index is 0.245. The van der Waals surface area contributed by atoms with Gasteiger partial charge in [-0.15, -0.1) is 0 Å². The summed E-state index contributed by atoms with van der Waals surface area (Å²) in [4.78, 5) is 29.9. The third kappa shape index (κ3) is 6.49. The maximum atomic E-state index is 13.3. The Kier molecular flexibility index (Phi) is 9.45. The van der Waals surface area contributed by atoms with E-state index in [2.05, 4.69) is 48.9 Å². The Balaban J connectivity index is 2.01. The van der Waals surface area contributed by atoms with E-state index in [0.29, 0.717) is 44.7 Å². The number of hydrogen-bond donors (Lipinski definition) is 0. The maximum absolute atomic E-state index is 13.3. The number of aromatic nitrogens is 2. The molecular formula is C25H27Br2N3O5. The molecular weight excluding hydrogens is 582 g/mol. The van der Waals surface area contributed by atoms with E-state index in [-0.39, 0.29) is 12.2 Å². The molecule has 10 heteroatoms. The van der Waals surface area contributed by atoms with E-state index in [1.807, 2.05) is 12.1 Å². The molecule has 35 heavy (non-hydrogen) atoms. The molecule has 0 radical (unpaired) electrons. The monoisotopic (exact) mass is 607 g/mol. The van der Waals surface area contributed by atoms with Gasteiger partial charge in [-0.3, -0.25) is 4.79 Å². The second-order valence-electron chi connectivity index (χ2n) is 7.69. The molecule has 0 bridgehead atoms. The molecule has 3 aromatic rings. The van der Waals surface area contributed by atoms with Gasteiger partial charge in [-0.05, 0) is 66.5 Å². The lowest BCUT2D eigenvalue weighted by Crippen LogP contribution is -2.26. The van der Waals surface area contributed by atoms with Gasteiger partial charge in [-0.25, -0.2) is 9.78 Å². The average molecular weight is 609 g/mol. The van der Waals surface area contributed by atoms with Crippen molar-refractivity contribution in [2.24, 2.45) is 5.10 Å². The van der Waals surface area contributed by atoms with Crippen LogP contribution >= 0.6 is 31.9 Å². The second-order valence-corrected chi connectivity index (χ2v) is 9.46. The highest BCUT2D eigenvalue weighted by Gasteiger charge is 2.19. The molecule has 0 aliphatic heterocycles. The number of nitrogens with zero attached hydrogens (tertiary/aromatic N) is 3. The smallest absolute Gasteiger partial charge is 0.347 e. The quantitative estimate of drug-likeness (QED) is 0.223. The number of halogens is 2. The first-order valence-corrected chi connectivity index (χ1v) is 12.8. The Morgan fingerprint density at radius 3 is 2.66 bits per heavy atom. The molecule has 2 aromatic carbocycles. The fraction of sp³-hybridized carbons (Fsp3) is 0.360. The van der Waals surface area contributed by atoms with Crippen LogP contribution in [0.3, 0.4) is 0 Å². The zero-order chi connectivity index (χ0) is 25.5. The number of aryl methyl sites for hydroxylation is 1. The average Bonchev–Trinajstić information content (AvgIpc) is 2.83. The Labute approximate surface area is 220 Å². The summed E-state index contributed by atoms with van der Waals surface area (Å²) >= 11 is 6.94. The highest BCUT2D eigenvalue weighted by Crippen LogP contribution is 2.33. The Hall–Kier alpha value is -2.72. The van der Waals surface area contributed by atoms with Crippen LogP contribution in [0, 0.1) is 0 Å². The van der Waals surface area contributed by atoms with Crippen molar-refractivity contribution in [3.63, 3.8) is 0 Å². The molecule has 0 saturated carbocycles. The summed E-state index contributed by atoms with van der Waals surface area (Å²) in [7, 11) is 1.50. The van der Waals surface area contributed by atoms with Crippen LogP contribution in [-0.2, 0) is 16.0 Å². The molecule has 0 saturated heterocycles. The zero-order valence-corrected chi connectivity index (χ0v) is 23.2. The van der Waals surface area contributed by atoms with Gasteiger partial charge >= 0.3 is 5.97 Å². The summed E-state index contributed by atoms with van der Waals surface area (Å²) in [6.07, 6.45) is 3.22. The van der Waals surface area contributed by atoms with E-state index < -0.39 is 12.1 Å². The zero-order valence-electron chi connectivity index (χ0n) is 20.0. The third-order valence-electron chi connectivity index (χ3n) is 5.15. The van der Waals surface area contributed by atoms with Gasteiger partial charge in [0, 0.05) is 20.9 Å². The first-order chi connectivity index (χ1) is 16.8. The molecule has 3 rings (SSSR count). The van der Waals surface area contributed by atoms with Crippen molar-refractivity contribution in [2.75, 3.05) is 13.7 Å². The first-order valence-electron chi connectivity index (χ1n) is 11.2. The van der Waals surface area contributed by atoms with E-state index >= 15 is 0 Å². The fourth-order valence-corrected chi connectivity index (χ4v) is 4.12. The van der Waals surface area contributed by atoms with Crippen LogP contribution in [0.4, 0.5) is 0 Å². The molecule has 0 unspecified atom stereocenters. The number of methoxy groups -OCH3 is 1. The minimum Gasteiger partial charge on any atom is -0.493 e. The molecule has 0 aliphatic carbocycles. The van der Waals surface area contributed by atoms with Gasteiger partial charge < -0.3 is 14.2 Å². The summed E-state index contributed by atoms with van der Waals surface area (Å²) < 4.78 is 19.0. The second kappa shape index (κ2) is 12.3. The lowest BCUT2D eigenvalue weighted by molar-refractivity contribution is -0.150. The highest BCUT2D eigenvalue weighted by molar-refractivity contribution is 9.10. The van der Waals surface area contributed by atoms with Crippen LogP contribution in [-0.4, -0.2) is 41.7 Å². The molecule has 0 spiro atoms. The summed E-state index contributed by atoms with van der Waals surface area (Å²) in [6.45, 7) is 5.69. The number of rotatable bonds is 10. The van der Waals surface area contributed by atoms with Crippen molar-refractivity contribution in [1.82, 2.24) is 9.66 Å². The number of hydrogen-bond acceptors (Lipinski definition) is 7. The van der Waals surface area contributed by atoms with Crippen molar-refractivity contribution in [3.05, 3.63) is 61.0 Å². The number of carbonyl (C=O) groups excluding carboxylic acids is 1. The van der Waals surface area contributed by atoms with Crippen LogP contribution in [0.5, 0.6) is 11.5 Å². The fourth-order valence-electron chi connectivity index (χ4n) is 3.33. The number of benzene rings is 2. The van der Waals surface area contributed by atoms with Crippen molar-refractivity contribution < 1.29 is 19.0 Å². The molecule has 1 heterocycles. The van der Waals surface area contributed by atoms with Gasteiger partial charge in [0.15, 0.2) is 17.6 Å². The summed E-state index contributed by atoms with van der Waals surface area (Å²) in [5.41, 5.74) is 1.04. The minimum atomic E-state index is -0.807. The van der Waals surface area contributed by atoms with Crippen LogP contribution in [0.15, 0.2) is 49.2 Å². The van der Waals surface area contributed by atoms with Gasteiger partial charge in [0.2, 0.25) is 0 Å². The molecule has 0 N–H and O–H groups in total. The summed E-state index contributed by atoms with van der Waals surface area (Å²) in [5, 5.41) is 4.97. The third-order valence-corrected chi connectivity index (χ3v) is 6.33. The van der Waals surface area contributed by atoms with E-state index in [4.69, 9.17) is 14.2 Å². The van der Waals surface area contributed by atoms with Gasteiger partial charge in [-0.2, -0.15) is 9.78 Å². The predicted molar refractivity (Wildman–Crippen MR) is 143 cm³/mol. The Morgan fingerprint density at radius 1 is 1.20 bits per heavy atom. The number of carbonyl (C=O) groups is 1. The van der Waals surface area contributed by atoms with Crippen LogP contribution in [0.25, 0.3) is 10.9 Å². The van der Waals surface area contributed by atoms with E-state index in [0.717, 1.165) is 17.3 Å². The van der Waals surface area contributed by atoms with Gasteiger partial charge in [0.1, 0.15) is 5.82 Å². The van der Waals surface area contributed by atoms with E-state index in [9.17, 15) is 9.59 Å². The Bertz CT molecular complexity index is 1310. The van der Waals surface area contributed by atoms with Gasteiger partial charge in [0.25, 0.3) is 5.56 Å². The normalized spacial score (nSPS) is 12.2. The van der Waals surface area contributed by atoms with Crippen molar-refractivity contribution in [3.8, 4) is 11.5 Å². The maximum Gasteiger partial charge on any atom is 0.347 e. The van der Waals surface area contributed by atoms with E-state index in [1.54, 1.807) is 38.3 Å². The lowest BCUT2D eigenvalue weighted by atomic mass is 10.2. The molecule has 1 atom stereocenters. The van der Waals surface area contributed by atoms with Crippen LogP contribution < -0.4 is 15.0 Å². The number of esters is 1. The number of unbranched alkanes of at least 4 members (excludes halogenated alkanes) is 1. The standard InChI is InChI=1S/C25H27Br2N3O5/c1-5-7-8-23-29-20-10-9-17(26)12-18(20)24(31)30(23)28-14-16-11-21(33-4)22(13-19(16)27)35-15(3)25(32)34-6-2/h9-15H,5-8H2,1-4H3/t15-/m0/s1. The topological polar surface area (TPSA) is 92.0 Å². The van der Waals surface area contributed by atoms with Crippen molar-refractivity contribution >= 4 is 54.9 Å². The molecule has 0 aliphatic rings. The van der Waals surface area contributed by atoms with E-state index in [1.165, 1.54) is 11.8 Å². The number of ether oxygens (including phenoxy) is 3. The molecule has 8 nitrogen and oxygen atoms in total. The highest BCUT2D eigenvalue weighted by atomic mass is 79.9. The molecule has 186 valence electrons. The van der Waals surface area contributed by atoms with Gasteiger partial charge in [-0.1, -0.05) is 29.3 Å².